The van der Waals surface area contributed by atoms with Crippen molar-refractivity contribution in [1.29, 1.82) is 0 Å². The maximum absolute atomic E-state index is 12.2. The van der Waals surface area contributed by atoms with Gasteiger partial charge in [-0.3, -0.25) is 14.9 Å². The quantitative estimate of drug-likeness (QED) is 0.440. The van der Waals surface area contributed by atoms with Gasteiger partial charge in [0.1, 0.15) is 7.85 Å². The average molecular weight is 324 g/mol. The Labute approximate surface area is 140 Å². The summed E-state index contributed by atoms with van der Waals surface area (Å²) >= 11 is 0. The number of hydrogen-bond acceptors (Lipinski definition) is 4. The summed E-state index contributed by atoms with van der Waals surface area (Å²) in [6.07, 6.45) is 3.32. The van der Waals surface area contributed by atoms with Crippen LogP contribution in [-0.4, -0.2) is 23.9 Å². The first-order valence-corrected chi connectivity index (χ1v) is 7.75. The predicted octanol–water partition coefficient (Wildman–Crippen LogP) is 1.55. The Morgan fingerprint density at radius 2 is 2.00 bits per heavy atom. The van der Waals surface area contributed by atoms with Crippen LogP contribution in [0, 0.1) is 15.5 Å². The molecule has 1 aromatic carbocycles. The van der Waals surface area contributed by atoms with Crippen LogP contribution in [0.15, 0.2) is 47.4 Å². The molecule has 0 atom stereocenters. The van der Waals surface area contributed by atoms with Crippen molar-refractivity contribution >= 4 is 19.0 Å². The molecule has 1 aliphatic rings. The number of aromatic nitrogens is 1. The lowest BCUT2D eigenvalue weighted by Crippen LogP contribution is -2.31. The molecule has 24 heavy (non-hydrogen) atoms. The van der Waals surface area contributed by atoms with E-state index < -0.39 is 16.2 Å². The number of rotatable bonds is 7. The smallest absolute Gasteiger partial charge is 0.333 e. The second-order valence-corrected chi connectivity index (χ2v) is 6.33. The standard InChI is InChI=1S/C17H17BN2O4/c18-14-8-15(20(22)23)16(21)19(9-14)11-17(6-7-17)12-24-10-13-4-2-1-3-5-13/h1-5,8-9H,6-7,10-12H2. The molecular formula is C17H17BN2O4. The van der Waals surface area contributed by atoms with Gasteiger partial charge < -0.3 is 9.30 Å². The highest BCUT2D eigenvalue weighted by atomic mass is 16.6. The highest BCUT2D eigenvalue weighted by molar-refractivity contribution is 6.32. The van der Waals surface area contributed by atoms with Crippen molar-refractivity contribution in [2.45, 2.75) is 26.0 Å². The van der Waals surface area contributed by atoms with E-state index in [1.807, 2.05) is 30.3 Å². The summed E-state index contributed by atoms with van der Waals surface area (Å²) in [4.78, 5) is 22.4. The lowest BCUT2D eigenvalue weighted by atomic mass is 9.98. The second-order valence-electron chi connectivity index (χ2n) is 6.33. The second kappa shape index (κ2) is 6.61. The molecule has 6 nitrogen and oxygen atoms in total. The van der Waals surface area contributed by atoms with Crippen LogP contribution in [0.3, 0.4) is 0 Å². The molecule has 2 aromatic rings. The molecule has 1 saturated carbocycles. The van der Waals surface area contributed by atoms with Gasteiger partial charge in [-0.2, -0.15) is 0 Å². The number of hydrogen-bond donors (Lipinski definition) is 0. The topological polar surface area (TPSA) is 74.4 Å². The first-order valence-electron chi connectivity index (χ1n) is 7.75. The highest BCUT2D eigenvalue weighted by Gasteiger charge is 2.43. The molecule has 1 aromatic heterocycles. The third kappa shape index (κ3) is 3.73. The largest absolute Gasteiger partial charge is 0.376 e. The van der Waals surface area contributed by atoms with Crippen LogP contribution in [0.2, 0.25) is 0 Å². The van der Waals surface area contributed by atoms with Crippen molar-refractivity contribution in [3.8, 4) is 0 Å². The molecule has 1 heterocycles. The SMILES string of the molecule is [B]c1cc([N+](=O)[O-])c(=O)n(CC2(COCc3ccccc3)CC2)c1. The molecule has 0 bridgehead atoms. The third-order valence-corrected chi connectivity index (χ3v) is 4.27. The van der Waals surface area contributed by atoms with Gasteiger partial charge in [0.25, 0.3) is 0 Å². The van der Waals surface area contributed by atoms with E-state index in [1.165, 1.54) is 10.8 Å². The number of nitrogens with zero attached hydrogens (tertiary/aromatic N) is 2. The van der Waals surface area contributed by atoms with Crippen LogP contribution < -0.4 is 11.0 Å². The van der Waals surface area contributed by atoms with E-state index in [0.29, 0.717) is 19.8 Å². The van der Waals surface area contributed by atoms with Gasteiger partial charge in [0, 0.05) is 24.2 Å². The van der Waals surface area contributed by atoms with Gasteiger partial charge in [-0.25, -0.2) is 0 Å². The molecule has 0 amide bonds. The van der Waals surface area contributed by atoms with Crippen molar-refractivity contribution in [3.63, 3.8) is 0 Å². The lowest BCUT2D eigenvalue weighted by Gasteiger charge is -2.17. The van der Waals surface area contributed by atoms with Gasteiger partial charge in [-0.1, -0.05) is 35.8 Å². The molecule has 2 radical (unpaired) electrons. The zero-order valence-electron chi connectivity index (χ0n) is 13.2. The van der Waals surface area contributed by atoms with E-state index in [0.717, 1.165) is 24.5 Å². The fourth-order valence-electron chi connectivity index (χ4n) is 2.74. The Bertz CT molecular complexity index is 800. The fourth-order valence-corrected chi connectivity index (χ4v) is 2.74. The van der Waals surface area contributed by atoms with Gasteiger partial charge in [0.15, 0.2) is 0 Å². The molecule has 7 heteroatoms. The summed E-state index contributed by atoms with van der Waals surface area (Å²) in [6, 6.07) is 10.9. The number of nitro groups is 1. The lowest BCUT2D eigenvalue weighted by molar-refractivity contribution is -0.386. The molecule has 1 fully saturated rings. The molecule has 1 aliphatic carbocycles. The zero-order valence-corrected chi connectivity index (χ0v) is 13.2. The van der Waals surface area contributed by atoms with Crippen LogP contribution in [0.5, 0.6) is 0 Å². The first-order chi connectivity index (χ1) is 11.5. The van der Waals surface area contributed by atoms with Crippen LogP contribution in [0.4, 0.5) is 5.69 Å². The molecular weight excluding hydrogens is 307 g/mol. The van der Waals surface area contributed by atoms with Gasteiger partial charge in [0.05, 0.1) is 18.1 Å². The Kier molecular flexibility index (Phi) is 4.53. The highest BCUT2D eigenvalue weighted by Crippen LogP contribution is 2.47. The van der Waals surface area contributed by atoms with Crippen molar-refractivity contribution in [3.05, 3.63) is 68.6 Å². The van der Waals surface area contributed by atoms with E-state index in [-0.39, 0.29) is 10.9 Å². The summed E-state index contributed by atoms with van der Waals surface area (Å²) in [5.41, 5.74) is 0.0483. The molecule has 122 valence electrons. The van der Waals surface area contributed by atoms with Crippen molar-refractivity contribution in [2.24, 2.45) is 5.41 Å². The summed E-state index contributed by atoms with van der Waals surface area (Å²) in [5, 5.41) is 10.9. The van der Waals surface area contributed by atoms with Crippen molar-refractivity contribution in [1.82, 2.24) is 4.57 Å². The van der Waals surface area contributed by atoms with Crippen LogP contribution in [0.25, 0.3) is 0 Å². The number of pyridine rings is 1. The Morgan fingerprint density at radius 1 is 1.29 bits per heavy atom. The molecule has 3 rings (SSSR count). The first kappa shape index (κ1) is 16.5. The van der Waals surface area contributed by atoms with Crippen molar-refractivity contribution in [2.75, 3.05) is 6.61 Å². The number of ether oxygens (including phenoxy) is 1. The van der Waals surface area contributed by atoms with E-state index in [9.17, 15) is 14.9 Å². The summed E-state index contributed by atoms with van der Waals surface area (Å²) in [7, 11) is 5.69. The minimum absolute atomic E-state index is 0.139. The van der Waals surface area contributed by atoms with Gasteiger partial charge in [-0.05, 0) is 18.4 Å². The van der Waals surface area contributed by atoms with Gasteiger partial charge >= 0.3 is 11.2 Å². The maximum atomic E-state index is 12.2. The predicted molar refractivity (Wildman–Crippen MR) is 90.5 cm³/mol. The summed E-state index contributed by atoms with van der Waals surface area (Å²) < 4.78 is 7.13. The molecule has 0 aliphatic heterocycles. The van der Waals surface area contributed by atoms with Gasteiger partial charge in [-0.15, -0.1) is 0 Å². The normalized spacial score (nSPS) is 15.2. The monoisotopic (exact) mass is 324 g/mol. The maximum Gasteiger partial charge on any atom is 0.333 e. The zero-order chi connectivity index (χ0) is 17.2. The van der Waals surface area contributed by atoms with E-state index in [4.69, 9.17) is 12.6 Å². The number of benzene rings is 1. The van der Waals surface area contributed by atoms with E-state index >= 15 is 0 Å². The van der Waals surface area contributed by atoms with Crippen LogP contribution in [0.1, 0.15) is 18.4 Å². The fraction of sp³-hybridized carbons (Fsp3) is 0.353. The van der Waals surface area contributed by atoms with Crippen molar-refractivity contribution < 1.29 is 9.66 Å². The Morgan fingerprint density at radius 3 is 2.62 bits per heavy atom. The molecule has 0 N–H and O–H groups in total. The van der Waals surface area contributed by atoms with E-state index in [2.05, 4.69) is 0 Å². The van der Waals surface area contributed by atoms with Crippen LogP contribution in [-0.2, 0) is 17.9 Å². The minimum Gasteiger partial charge on any atom is -0.376 e. The molecule has 0 spiro atoms. The summed E-state index contributed by atoms with van der Waals surface area (Å²) in [5.74, 6) is 0. The third-order valence-electron chi connectivity index (χ3n) is 4.27. The Hall–Kier alpha value is -2.41. The van der Waals surface area contributed by atoms with E-state index in [1.54, 1.807) is 0 Å². The van der Waals surface area contributed by atoms with Crippen LogP contribution >= 0.6 is 0 Å². The average Bonchev–Trinajstić information content (AvgIpc) is 3.31. The minimum atomic E-state index is -0.694. The molecule has 0 unspecified atom stereocenters. The molecule has 0 saturated heterocycles. The van der Waals surface area contributed by atoms with Gasteiger partial charge in [0.2, 0.25) is 0 Å². The Balaban J connectivity index is 1.67. The summed E-state index contributed by atoms with van der Waals surface area (Å²) in [6.45, 7) is 1.40.